The number of rotatable bonds is 5. The highest BCUT2D eigenvalue weighted by molar-refractivity contribution is 6.21. The first-order valence-corrected chi connectivity index (χ1v) is 12.3. The Labute approximate surface area is 209 Å². The van der Waals surface area contributed by atoms with E-state index in [1.165, 1.54) is 0 Å². The zero-order chi connectivity index (χ0) is 23.9. The third kappa shape index (κ3) is 5.17. The number of fused-ring (bicyclic) bond motifs is 3. The lowest BCUT2D eigenvalue weighted by Gasteiger charge is -2.11. The number of para-hydroxylation sites is 3. The number of hydrogen-bond donors (Lipinski definition) is 0. The first-order chi connectivity index (χ1) is 17.3. The number of ether oxygens (including phenoxy) is 1. The van der Waals surface area contributed by atoms with E-state index in [-0.39, 0.29) is 0 Å². The van der Waals surface area contributed by atoms with Crippen molar-refractivity contribution in [3.63, 3.8) is 0 Å². The van der Waals surface area contributed by atoms with E-state index < -0.39 is 15.9 Å². The first kappa shape index (κ1) is 22.6. The average molecular weight is 475 g/mol. The Morgan fingerprint density at radius 1 is 0.486 bits per heavy atom. The molecule has 0 bridgehead atoms. The van der Waals surface area contributed by atoms with Crippen molar-refractivity contribution >= 4 is 48.6 Å². The predicted octanol–water partition coefficient (Wildman–Crippen LogP) is 5.75. The van der Waals surface area contributed by atoms with Crippen molar-refractivity contribution in [3.8, 4) is 17.2 Å². The molecule has 3 aromatic carbocycles. The lowest BCUT2D eigenvalue weighted by Crippen LogP contribution is -2.11. The van der Waals surface area contributed by atoms with E-state index in [1.54, 1.807) is 25.7 Å². The molecule has 3 aromatic heterocycles. The Balaban J connectivity index is 0.000000178. The third-order valence-electron chi connectivity index (χ3n) is 5.44. The smallest absolute Gasteiger partial charge is 0.613 e. The summed E-state index contributed by atoms with van der Waals surface area (Å²) in [6.07, 6.45) is 5.31. The van der Waals surface area contributed by atoms with Crippen LogP contribution in [-0.4, -0.2) is 37.9 Å². The molecule has 0 spiro atoms. The minimum absolute atomic E-state index is 0.767. The van der Waals surface area contributed by atoms with E-state index in [1.807, 2.05) is 91.0 Å². The van der Waals surface area contributed by atoms with Gasteiger partial charge >= 0.3 is 15.9 Å². The van der Waals surface area contributed by atoms with Crippen molar-refractivity contribution in [3.05, 3.63) is 110 Å². The predicted molar refractivity (Wildman–Crippen MR) is 140 cm³/mol. The fraction of sp³-hybridized carbons (Fsp3) is 0.0357. The van der Waals surface area contributed by atoms with Crippen LogP contribution in [0.25, 0.3) is 32.7 Å². The molecular weight excluding hydrogens is 453 g/mol. The zero-order valence-corrected chi connectivity index (χ0v) is 20.6. The molecular formula is C28H22AlN3O3. The van der Waals surface area contributed by atoms with E-state index in [9.17, 15) is 0 Å². The molecule has 35 heavy (non-hydrogen) atoms. The minimum atomic E-state index is -1.24. The molecule has 0 radical (unpaired) electrons. The second-order valence-electron chi connectivity index (χ2n) is 7.60. The van der Waals surface area contributed by atoms with Gasteiger partial charge in [0.1, 0.15) is 33.8 Å². The molecule has 0 saturated heterocycles. The van der Waals surface area contributed by atoms with E-state index in [0.29, 0.717) is 0 Å². The summed E-state index contributed by atoms with van der Waals surface area (Å²) < 4.78 is 17.0. The van der Waals surface area contributed by atoms with Gasteiger partial charge in [-0.2, -0.15) is 0 Å². The second kappa shape index (κ2) is 10.8. The first-order valence-electron chi connectivity index (χ1n) is 11.1. The van der Waals surface area contributed by atoms with Crippen LogP contribution in [0.15, 0.2) is 110 Å². The molecule has 170 valence electrons. The normalized spacial score (nSPS) is 10.4. The fourth-order valence-electron chi connectivity index (χ4n) is 3.78. The van der Waals surface area contributed by atoms with Gasteiger partial charge in [0.2, 0.25) is 0 Å². The molecule has 6 nitrogen and oxygen atoms in total. The van der Waals surface area contributed by atoms with E-state index >= 15 is 0 Å². The van der Waals surface area contributed by atoms with Gasteiger partial charge in [-0.25, -0.2) is 0 Å². The van der Waals surface area contributed by atoms with E-state index in [4.69, 9.17) is 12.3 Å². The van der Waals surface area contributed by atoms with Gasteiger partial charge in [-0.15, -0.1) is 0 Å². The summed E-state index contributed by atoms with van der Waals surface area (Å²) in [5.74, 6) is 2.36. The molecule has 0 fully saturated rings. The quantitative estimate of drug-likeness (QED) is 0.296. The largest absolute Gasteiger partial charge is 0.832 e. The zero-order valence-electron chi connectivity index (χ0n) is 19.2. The summed E-state index contributed by atoms with van der Waals surface area (Å²) in [5.41, 5.74) is 2.65. The van der Waals surface area contributed by atoms with E-state index in [0.717, 1.165) is 50.0 Å². The molecule has 3 heterocycles. The standard InChI is InChI=1S/C10H9NO.2C9H7NO.Al.H/c1-12-9-6-2-4-8-5-3-7-11-10(8)9;2*11-8-5-1-3-7-4-2-6-10-9(7)8;;/h2-7H,1H3;2*1-6,11H;;/q;;;+2;/p-2. The van der Waals surface area contributed by atoms with Crippen molar-refractivity contribution in [1.82, 2.24) is 15.0 Å². The second-order valence-corrected chi connectivity index (χ2v) is 8.42. The highest BCUT2D eigenvalue weighted by atomic mass is 27.2. The van der Waals surface area contributed by atoms with Gasteiger partial charge in [-0.1, -0.05) is 54.6 Å². The summed E-state index contributed by atoms with van der Waals surface area (Å²) in [5, 5.41) is 3.23. The Kier molecular flexibility index (Phi) is 7.00. The van der Waals surface area contributed by atoms with Crippen LogP contribution in [0.5, 0.6) is 17.2 Å². The third-order valence-corrected chi connectivity index (χ3v) is 6.29. The number of aromatic nitrogens is 3. The lowest BCUT2D eigenvalue weighted by molar-refractivity contribution is 0.419. The molecule has 6 rings (SSSR count). The summed E-state index contributed by atoms with van der Waals surface area (Å²) in [7, 11) is 1.66. The number of pyridine rings is 3. The summed E-state index contributed by atoms with van der Waals surface area (Å²) >= 11 is -1.24. The Morgan fingerprint density at radius 2 is 0.857 bits per heavy atom. The monoisotopic (exact) mass is 475 g/mol. The summed E-state index contributed by atoms with van der Waals surface area (Å²) in [4.78, 5) is 13.0. The van der Waals surface area contributed by atoms with Crippen LogP contribution in [0.2, 0.25) is 0 Å². The maximum absolute atomic E-state index is 5.90. The van der Waals surface area contributed by atoms with Crippen LogP contribution in [0.3, 0.4) is 0 Å². The maximum atomic E-state index is 5.90. The maximum Gasteiger partial charge on any atom is 0.832 e. The molecule has 0 amide bonds. The lowest BCUT2D eigenvalue weighted by atomic mass is 10.2. The minimum Gasteiger partial charge on any atom is -0.613 e. The topological polar surface area (TPSA) is 66.4 Å². The van der Waals surface area contributed by atoms with Crippen LogP contribution >= 0.6 is 0 Å². The highest BCUT2D eigenvalue weighted by Crippen LogP contribution is 2.25. The van der Waals surface area contributed by atoms with Gasteiger partial charge in [0.25, 0.3) is 0 Å². The number of hydrogen-bond acceptors (Lipinski definition) is 6. The van der Waals surface area contributed by atoms with Gasteiger partial charge in [0.05, 0.1) is 7.11 Å². The highest BCUT2D eigenvalue weighted by Gasteiger charge is 2.10. The van der Waals surface area contributed by atoms with Crippen molar-refractivity contribution in [2.45, 2.75) is 0 Å². The van der Waals surface area contributed by atoms with Gasteiger partial charge < -0.3 is 12.3 Å². The summed E-state index contributed by atoms with van der Waals surface area (Å²) in [6, 6.07) is 29.5. The SMILES string of the molecule is COc1cccc2cccnc12.c1cnc2c([O][AlH][O]c3cccc4cccnc34)cccc2c1. The molecule has 7 heteroatoms. The van der Waals surface area contributed by atoms with Gasteiger partial charge in [-0.3, -0.25) is 15.0 Å². The molecule has 0 N–H and O–H groups in total. The molecule has 0 aliphatic heterocycles. The molecule has 0 atom stereocenters. The van der Waals surface area contributed by atoms with Gasteiger partial charge in [0, 0.05) is 34.7 Å². The van der Waals surface area contributed by atoms with Crippen molar-refractivity contribution in [2.75, 3.05) is 7.11 Å². The number of methoxy groups -OCH3 is 1. The average Bonchev–Trinajstić information content (AvgIpc) is 2.93. The number of benzene rings is 3. The number of nitrogens with zero attached hydrogens (tertiary/aromatic N) is 3. The van der Waals surface area contributed by atoms with Crippen molar-refractivity contribution in [1.29, 1.82) is 0 Å². The fourth-order valence-corrected chi connectivity index (χ4v) is 4.56. The molecule has 0 aliphatic rings. The van der Waals surface area contributed by atoms with Gasteiger partial charge in [-0.05, 0) is 36.4 Å². The van der Waals surface area contributed by atoms with Gasteiger partial charge in [0.15, 0.2) is 0 Å². The van der Waals surface area contributed by atoms with Crippen LogP contribution in [0.4, 0.5) is 0 Å². The van der Waals surface area contributed by atoms with Crippen molar-refractivity contribution in [2.24, 2.45) is 0 Å². The molecule has 0 unspecified atom stereocenters. The van der Waals surface area contributed by atoms with E-state index in [2.05, 4.69) is 15.0 Å². The van der Waals surface area contributed by atoms with Crippen LogP contribution in [-0.2, 0) is 0 Å². The van der Waals surface area contributed by atoms with Crippen LogP contribution in [0, 0.1) is 0 Å². The van der Waals surface area contributed by atoms with Crippen LogP contribution < -0.4 is 12.3 Å². The Hall–Kier alpha value is -4.18. The Morgan fingerprint density at radius 3 is 1.29 bits per heavy atom. The molecule has 0 saturated carbocycles. The summed E-state index contributed by atoms with van der Waals surface area (Å²) in [6.45, 7) is 0. The Bertz CT molecular complexity index is 1500. The van der Waals surface area contributed by atoms with Crippen molar-refractivity contribution < 1.29 is 12.3 Å². The van der Waals surface area contributed by atoms with Crippen LogP contribution in [0.1, 0.15) is 0 Å². The molecule has 6 aromatic rings. The molecule has 0 aliphatic carbocycles.